The van der Waals surface area contributed by atoms with Crippen LogP contribution in [0, 0.1) is 0 Å². The predicted octanol–water partition coefficient (Wildman–Crippen LogP) is 11.6. The van der Waals surface area contributed by atoms with E-state index in [-0.39, 0.29) is 0 Å². The summed E-state index contributed by atoms with van der Waals surface area (Å²) in [4.78, 5) is 0. The number of hydrogen-bond donors (Lipinski definition) is 0. The molecule has 0 aromatic heterocycles. The number of alkyl halides is 34. The first kappa shape index (κ1) is 52.8. The molecule has 0 saturated heterocycles. The van der Waals surface area contributed by atoms with Crippen LogP contribution in [0.3, 0.4) is 0 Å². The van der Waals surface area contributed by atoms with Crippen molar-refractivity contribution in [3.05, 3.63) is 0 Å². The van der Waals surface area contributed by atoms with E-state index in [1.54, 1.807) is 0 Å². The van der Waals surface area contributed by atoms with Crippen LogP contribution in [0.5, 0.6) is 0 Å². The molecule has 0 N–H and O–H groups in total. The molecule has 0 radical (unpaired) electrons. The molecule has 0 nitrogen and oxygen atoms in total. The van der Waals surface area contributed by atoms with E-state index >= 15 is 0 Å². The summed E-state index contributed by atoms with van der Waals surface area (Å²) in [6, 6.07) is 0. The third-order valence-electron chi connectivity index (χ3n) is 6.88. The Kier molecular flexibility index (Phi) is 13.2. The van der Waals surface area contributed by atoms with Gasteiger partial charge in [0.2, 0.25) is 9.52 Å². The Labute approximate surface area is 280 Å². The fraction of sp³-hybridized carbons (Fsp3) is 1.00. The molecular weight excluding hydrogens is 914 g/mol. The van der Waals surface area contributed by atoms with Gasteiger partial charge in [0.25, 0.3) is 11.1 Å². The van der Waals surface area contributed by atoms with Gasteiger partial charge in [-0.1, -0.05) is 0 Å². The van der Waals surface area contributed by atoms with E-state index in [0.717, 1.165) is 0 Å². The minimum absolute atomic E-state index is 3.44. The molecule has 0 aromatic rings. The van der Waals surface area contributed by atoms with Gasteiger partial charge in [0, 0.05) is 25.7 Å². The summed E-state index contributed by atoms with van der Waals surface area (Å²) < 4.78 is 457. The summed E-state index contributed by atoms with van der Waals surface area (Å²) in [7, 11) is -7.88. The Morgan fingerprint density at radius 3 is 0.545 bits per heavy atom. The summed E-state index contributed by atoms with van der Waals surface area (Å²) in [5.41, 5.74) is -17.3. The lowest BCUT2D eigenvalue weighted by Gasteiger charge is -2.44. The average Bonchev–Trinajstić information content (AvgIpc) is 2.92. The molecule has 0 heterocycles. The fourth-order valence-electron chi connectivity index (χ4n) is 3.51. The third kappa shape index (κ3) is 8.13. The topological polar surface area (TPSA) is 0 Å². The molecule has 0 aliphatic carbocycles. The van der Waals surface area contributed by atoms with Crippen LogP contribution in [0.15, 0.2) is 0 Å². The molecule has 0 aromatic carbocycles. The summed E-state index contributed by atoms with van der Waals surface area (Å²) >= 11 is 0. The van der Waals surface area contributed by atoms with Crippen LogP contribution in [0.2, 0.25) is 0 Å². The SMILES string of the molecule is FC(F)(F)CCC(F)(F)C(F)(F)C(F)(F)C(F)(F)C(F)(F)C(F)(F)C(F)(F)[SiH2]C(F)(F)C(F)(F)C(F)(F)C(F)(F)C(F)(F)C(F)(F)C(F)(F)CCC(F)(F)F. The maximum absolute atomic E-state index is 14.0. The average molecular weight is 924 g/mol. The predicted molar refractivity (Wildman–Crippen MR) is 108 cm³/mol. The molecule has 0 amide bonds. The molecule has 55 heavy (non-hydrogen) atoms. The first-order chi connectivity index (χ1) is 23.1. The molecular formula is C20H10F34Si. The van der Waals surface area contributed by atoms with Crippen LogP contribution in [-0.2, 0) is 0 Å². The van der Waals surface area contributed by atoms with Gasteiger partial charge in [0.15, 0.2) is 0 Å². The van der Waals surface area contributed by atoms with E-state index in [4.69, 9.17) is 0 Å². The quantitative estimate of drug-likeness (QED) is 0.0949. The zero-order valence-electron chi connectivity index (χ0n) is 24.4. The molecule has 0 spiro atoms. The van der Waals surface area contributed by atoms with Crippen LogP contribution >= 0.6 is 0 Å². The van der Waals surface area contributed by atoms with Gasteiger partial charge in [-0.05, 0) is 0 Å². The van der Waals surface area contributed by atoms with Crippen molar-refractivity contribution >= 4 is 9.52 Å². The summed E-state index contributed by atoms with van der Waals surface area (Å²) in [5, 5.41) is 0. The summed E-state index contributed by atoms with van der Waals surface area (Å²) in [6.07, 6.45) is -26.9. The van der Waals surface area contributed by atoms with Crippen LogP contribution in [-0.4, -0.2) is 104 Å². The first-order valence-electron chi connectivity index (χ1n) is 12.5. The van der Waals surface area contributed by atoms with Gasteiger partial charge < -0.3 is 0 Å². The Bertz CT molecular complexity index is 1230. The second-order valence-corrected chi connectivity index (χ2v) is 13.1. The van der Waals surface area contributed by atoms with Gasteiger partial charge in [0.05, 0.1) is 0 Å². The van der Waals surface area contributed by atoms with Crippen LogP contribution in [0.4, 0.5) is 149 Å². The third-order valence-corrected chi connectivity index (χ3v) is 8.66. The van der Waals surface area contributed by atoms with Crippen molar-refractivity contribution in [3.63, 3.8) is 0 Å². The fourth-order valence-corrected chi connectivity index (χ4v) is 4.96. The van der Waals surface area contributed by atoms with E-state index in [2.05, 4.69) is 0 Å². The Balaban J connectivity index is 7.19. The van der Waals surface area contributed by atoms with Gasteiger partial charge in [-0.25, -0.2) is 17.6 Å². The summed E-state index contributed by atoms with van der Waals surface area (Å²) in [6.45, 7) is 0. The smallest absolute Gasteiger partial charge is 0.205 e. The van der Waals surface area contributed by atoms with Crippen molar-refractivity contribution in [1.82, 2.24) is 0 Å². The van der Waals surface area contributed by atoms with Crippen LogP contribution in [0.25, 0.3) is 0 Å². The highest BCUT2D eigenvalue weighted by molar-refractivity contribution is 6.43. The van der Waals surface area contributed by atoms with E-state index in [1.807, 2.05) is 0 Å². The number of halogens is 34. The second-order valence-electron chi connectivity index (χ2n) is 11.0. The van der Waals surface area contributed by atoms with Gasteiger partial charge in [-0.3, -0.25) is 0 Å². The molecule has 0 saturated carbocycles. The molecule has 0 aliphatic rings. The largest absolute Gasteiger partial charge is 0.389 e. The van der Waals surface area contributed by atoms with Crippen molar-refractivity contribution in [2.24, 2.45) is 0 Å². The second kappa shape index (κ2) is 13.7. The van der Waals surface area contributed by atoms with Gasteiger partial charge >= 0.3 is 83.4 Å². The van der Waals surface area contributed by atoms with E-state index < -0.39 is 130 Å². The van der Waals surface area contributed by atoms with Crippen molar-refractivity contribution in [3.8, 4) is 0 Å². The highest BCUT2D eigenvalue weighted by atomic mass is 28.2. The lowest BCUT2D eigenvalue weighted by atomic mass is 9.89. The lowest BCUT2D eigenvalue weighted by molar-refractivity contribution is -0.440. The van der Waals surface area contributed by atoms with E-state index in [9.17, 15) is 149 Å². The zero-order chi connectivity index (χ0) is 45.5. The van der Waals surface area contributed by atoms with E-state index in [1.165, 1.54) is 0 Å². The number of hydrogen-bond acceptors (Lipinski definition) is 0. The monoisotopic (exact) mass is 924 g/mol. The van der Waals surface area contributed by atoms with Crippen molar-refractivity contribution in [1.29, 1.82) is 0 Å². The van der Waals surface area contributed by atoms with Gasteiger partial charge in [-0.15, -0.1) is 0 Å². The maximum atomic E-state index is 14.0. The molecule has 332 valence electrons. The Morgan fingerprint density at radius 2 is 0.364 bits per heavy atom. The molecule has 0 aliphatic heterocycles. The lowest BCUT2D eigenvalue weighted by Crippen LogP contribution is -2.76. The van der Waals surface area contributed by atoms with Crippen LogP contribution in [0.1, 0.15) is 25.7 Å². The van der Waals surface area contributed by atoms with Crippen LogP contribution < -0.4 is 0 Å². The molecule has 0 fully saturated rings. The maximum Gasteiger partial charge on any atom is 0.389 e. The standard InChI is InChI=1S/C20H10F34Si/c21-5(22,1-3-7(25,26)27)9(31,32)11(35,36)13(39,40)15(43,44)17(47,48)19(51,52)55-20(53,54)18(49,50)16(45,46)14(41,42)12(37,38)10(33,34)6(23,24)2-4-8(28,29)30/h1-4,55H2. The Morgan fingerprint density at radius 1 is 0.200 bits per heavy atom. The first-order valence-corrected chi connectivity index (χ1v) is 14.0. The highest BCUT2D eigenvalue weighted by Crippen LogP contribution is 2.66. The minimum atomic E-state index is -9.43. The number of rotatable bonds is 18. The van der Waals surface area contributed by atoms with Crippen molar-refractivity contribution < 1.29 is 149 Å². The zero-order valence-corrected chi connectivity index (χ0v) is 25.8. The Hall–Kier alpha value is -2.16. The van der Waals surface area contributed by atoms with Gasteiger partial charge in [-0.2, -0.15) is 132 Å². The van der Waals surface area contributed by atoms with Crippen molar-refractivity contribution in [2.75, 3.05) is 0 Å². The molecule has 0 unspecified atom stereocenters. The minimum Gasteiger partial charge on any atom is -0.205 e. The molecule has 0 rings (SSSR count). The molecule has 0 atom stereocenters. The van der Waals surface area contributed by atoms with E-state index in [0.29, 0.717) is 0 Å². The summed E-state index contributed by atoms with van der Waals surface area (Å²) in [5.74, 6) is -106. The molecule has 35 heteroatoms. The normalized spacial score (nSPS) is 16.9. The van der Waals surface area contributed by atoms with Crippen molar-refractivity contribution in [2.45, 2.75) is 120 Å². The highest BCUT2D eigenvalue weighted by Gasteiger charge is 2.96. The molecule has 0 bridgehead atoms. The van der Waals surface area contributed by atoms with Gasteiger partial charge in [0.1, 0.15) is 0 Å².